The molecule has 0 saturated heterocycles. The van der Waals surface area contributed by atoms with Crippen LogP contribution in [0.25, 0.3) is 0 Å². The van der Waals surface area contributed by atoms with Crippen molar-refractivity contribution in [2.75, 3.05) is 5.32 Å². The highest BCUT2D eigenvalue weighted by atomic mass is 16.1. The van der Waals surface area contributed by atoms with Crippen LogP contribution in [0.4, 0.5) is 5.69 Å². The van der Waals surface area contributed by atoms with Gasteiger partial charge in [0.25, 0.3) is 5.91 Å². The number of nitrogens with one attached hydrogen (secondary N) is 1. The molecule has 0 heterocycles. The van der Waals surface area contributed by atoms with Gasteiger partial charge in [-0.1, -0.05) is 30.3 Å². The first-order valence-electron chi connectivity index (χ1n) is 6.70. The minimum atomic E-state index is -0.0714. The molecule has 1 amide bonds. The summed E-state index contributed by atoms with van der Waals surface area (Å²) in [5.74, 6) is -0.0714. The van der Waals surface area contributed by atoms with Crippen LogP contribution in [0.1, 0.15) is 32.6 Å². The van der Waals surface area contributed by atoms with Crippen molar-refractivity contribution in [3.05, 3.63) is 64.2 Å². The number of carbonyl (C=O) groups excluding carboxylic acids is 1. The maximum absolute atomic E-state index is 12.5. The molecule has 3 N–H and O–H groups in total. The zero-order chi connectivity index (χ0) is 14.7. The van der Waals surface area contributed by atoms with Crippen molar-refractivity contribution in [1.82, 2.24) is 0 Å². The number of anilines is 1. The Morgan fingerprint density at radius 1 is 1.05 bits per heavy atom. The normalized spacial score (nSPS) is 10.4. The molecule has 0 aliphatic rings. The Labute approximate surface area is 119 Å². The summed E-state index contributed by atoms with van der Waals surface area (Å²) in [6, 6.07) is 11.7. The molecule has 0 aliphatic heterocycles. The van der Waals surface area contributed by atoms with Gasteiger partial charge in [0.15, 0.2) is 0 Å². The van der Waals surface area contributed by atoms with E-state index in [1.807, 2.05) is 57.2 Å². The van der Waals surface area contributed by atoms with Crippen LogP contribution in [-0.4, -0.2) is 5.91 Å². The molecule has 0 radical (unpaired) electrons. The Morgan fingerprint density at radius 2 is 1.70 bits per heavy atom. The van der Waals surface area contributed by atoms with E-state index in [4.69, 9.17) is 5.73 Å². The van der Waals surface area contributed by atoms with Crippen LogP contribution in [0.5, 0.6) is 0 Å². The summed E-state index contributed by atoms with van der Waals surface area (Å²) < 4.78 is 0. The molecular formula is C17H20N2O. The minimum Gasteiger partial charge on any atom is -0.326 e. The van der Waals surface area contributed by atoms with Gasteiger partial charge in [-0.3, -0.25) is 4.79 Å². The van der Waals surface area contributed by atoms with Gasteiger partial charge in [0, 0.05) is 17.8 Å². The van der Waals surface area contributed by atoms with Crippen LogP contribution >= 0.6 is 0 Å². The van der Waals surface area contributed by atoms with Crippen LogP contribution in [0.3, 0.4) is 0 Å². The zero-order valence-corrected chi connectivity index (χ0v) is 12.2. The number of hydrogen-bond acceptors (Lipinski definition) is 2. The van der Waals surface area contributed by atoms with E-state index in [2.05, 4.69) is 5.32 Å². The number of aryl methyl sites for hydroxylation is 3. The number of nitrogens with two attached hydrogens (primary N) is 1. The van der Waals surface area contributed by atoms with Gasteiger partial charge in [0.2, 0.25) is 0 Å². The molecule has 0 aromatic heterocycles. The van der Waals surface area contributed by atoms with E-state index in [9.17, 15) is 4.79 Å². The van der Waals surface area contributed by atoms with E-state index < -0.39 is 0 Å². The summed E-state index contributed by atoms with van der Waals surface area (Å²) in [4.78, 5) is 12.5. The van der Waals surface area contributed by atoms with E-state index >= 15 is 0 Å². The first kappa shape index (κ1) is 14.3. The standard InChI is InChI=1S/C17H20N2O/c1-11-7-8-14(10-18)9-15(11)19-17(20)16-12(2)5-4-6-13(16)3/h4-9H,10,18H2,1-3H3,(H,19,20). The molecule has 2 rings (SSSR count). The predicted molar refractivity (Wildman–Crippen MR) is 82.9 cm³/mol. The SMILES string of the molecule is Cc1ccc(CN)cc1NC(=O)c1c(C)cccc1C. The summed E-state index contributed by atoms with van der Waals surface area (Å²) in [6.07, 6.45) is 0. The lowest BCUT2D eigenvalue weighted by atomic mass is 10.0. The van der Waals surface area contributed by atoms with Crippen molar-refractivity contribution in [3.63, 3.8) is 0 Å². The summed E-state index contributed by atoms with van der Waals surface area (Å²) in [6.45, 7) is 6.34. The zero-order valence-electron chi connectivity index (χ0n) is 12.2. The van der Waals surface area contributed by atoms with E-state index in [-0.39, 0.29) is 5.91 Å². The average Bonchev–Trinajstić information content (AvgIpc) is 2.41. The van der Waals surface area contributed by atoms with Crippen molar-refractivity contribution in [2.24, 2.45) is 5.73 Å². The fourth-order valence-corrected chi connectivity index (χ4v) is 2.29. The lowest BCUT2D eigenvalue weighted by Gasteiger charge is -2.13. The van der Waals surface area contributed by atoms with Gasteiger partial charge in [-0.15, -0.1) is 0 Å². The van der Waals surface area contributed by atoms with Crippen molar-refractivity contribution < 1.29 is 4.79 Å². The molecule has 20 heavy (non-hydrogen) atoms. The third kappa shape index (κ3) is 2.89. The molecule has 0 spiro atoms. The van der Waals surface area contributed by atoms with Crippen molar-refractivity contribution in [3.8, 4) is 0 Å². The predicted octanol–water partition coefficient (Wildman–Crippen LogP) is 3.32. The molecule has 104 valence electrons. The number of amides is 1. The number of hydrogen-bond donors (Lipinski definition) is 2. The molecule has 0 bridgehead atoms. The third-order valence-corrected chi connectivity index (χ3v) is 3.49. The van der Waals surface area contributed by atoms with Crippen molar-refractivity contribution in [1.29, 1.82) is 0 Å². The molecule has 2 aromatic carbocycles. The number of carbonyl (C=O) groups is 1. The maximum atomic E-state index is 12.5. The lowest BCUT2D eigenvalue weighted by Crippen LogP contribution is -2.16. The maximum Gasteiger partial charge on any atom is 0.256 e. The second-order valence-corrected chi connectivity index (χ2v) is 5.07. The molecule has 0 saturated carbocycles. The van der Waals surface area contributed by atoms with E-state index in [0.717, 1.165) is 33.5 Å². The molecule has 0 aliphatic carbocycles. The Morgan fingerprint density at radius 3 is 2.30 bits per heavy atom. The van der Waals surface area contributed by atoms with Gasteiger partial charge in [0.1, 0.15) is 0 Å². The molecular weight excluding hydrogens is 248 g/mol. The minimum absolute atomic E-state index is 0.0714. The summed E-state index contributed by atoms with van der Waals surface area (Å²) in [5.41, 5.74) is 11.2. The Hall–Kier alpha value is -2.13. The van der Waals surface area contributed by atoms with Gasteiger partial charge < -0.3 is 11.1 Å². The summed E-state index contributed by atoms with van der Waals surface area (Å²) in [5, 5.41) is 2.99. The van der Waals surface area contributed by atoms with E-state index in [1.165, 1.54) is 0 Å². The van der Waals surface area contributed by atoms with Gasteiger partial charge in [-0.05, 0) is 49.1 Å². The first-order chi connectivity index (χ1) is 9.52. The summed E-state index contributed by atoms with van der Waals surface area (Å²) >= 11 is 0. The highest BCUT2D eigenvalue weighted by Gasteiger charge is 2.13. The fraction of sp³-hybridized carbons (Fsp3) is 0.235. The Kier molecular flexibility index (Phi) is 4.20. The van der Waals surface area contributed by atoms with E-state index in [0.29, 0.717) is 6.54 Å². The second kappa shape index (κ2) is 5.88. The van der Waals surface area contributed by atoms with Crippen molar-refractivity contribution in [2.45, 2.75) is 27.3 Å². The van der Waals surface area contributed by atoms with Gasteiger partial charge in [-0.2, -0.15) is 0 Å². The van der Waals surface area contributed by atoms with Crippen molar-refractivity contribution >= 4 is 11.6 Å². The fourth-order valence-electron chi connectivity index (χ4n) is 2.29. The van der Waals surface area contributed by atoms with Crippen LogP contribution in [0.15, 0.2) is 36.4 Å². The molecule has 3 nitrogen and oxygen atoms in total. The molecule has 0 atom stereocenters. The highest BCUT2D eigenvalue weighted by Crippen LogP contribution is 2.20. The number of benzene rings is 2. The molecule has 3 heteroatoms. The Bertz CT molecular complexity index is 627. The van der Waals surface area contributed by atoms with Gasteiger partial charge in [0.05, 0.1) is 0 Å². The Balaban J connectivity index is 2.33. The topological polar surface area (TPSA) is 55.1 Å². The molecule has 0 fully saturated rings. The first-order valence-corrected chi connectivity index (χ1v) is 6.70. The smallest absolute Gasteiger partial charge is 0.256 e. The van der Waals surface area contributed by atoms with Crippen LogP contribution < -0.4 is 11.1 Å². The molecule has 0 unspecified atom stereocenters. The van der Waals surface area contributed by atoms with Crippen LogP contribution in [-0.2, 0) is 6.54 Å². The van der Waals surface area contributed by atoms with E-state index in [1.54, 1.807) is 0 Å². The van der Waals surface area contributed by atoms with Gasteiger partial charge >= 0.3 is 0 Å². The quantitative estimate of drug-likeness (QED) is 0.897. The average molecular weight is 268 g/mol. The third-order valence-electron chi connectivity index (χ3n) is 3.49. The van der Waals surface area contributed by atoms with Crippen LogP contribution in [0, 0.1) is 20.8 Å². The second-order valence-electron chi connectivity index (χ2n) is 5.07. The highest BCUT2D eigenvalue weighted by molar-refractivity contribution is 6.06. The van der Waals surface area contributed by atoms with Crippen LogP contribution in [0.2, 0.25) is 0 Å². The number of rotatable bonds is 3. The molecule has 2 aromatic rings. The summed E-state index contributed by atoms with van der Waals surface area (Å²) in [7, 11) is 0. The monoisotopic (exact) mass is 268 g/mol. The lowest BCUT2D eigenvalue weighted by molar-refractivity contribution is 0.102. The largest absolute Gasteiger partial charge is 0.326 e. The van der Waals surface area contributed by atoms with Gasteiger partial charge in [-0.25, -0.2) is 0 Å².